The fraction of sp³-hybridized carbons (Fsp3) is 0.0714. The van der Waals surface area contributed by atoms with E-state index in [-0.39, 0.29) is 26.9 Å². The standard InChI is InChI=1S/C14H10ClF2NO5S/c15-12-6-5-10(7-11(12)13(19)20)24(21,22)18-8-1-3-9(4-2-8)23-14(16)17/h1-7,14,18H,(H,19,20). The van der Waals surface area contributed by atoms with Crippen molar-refractivity contribution in [1.29, 1.82) is 0 Å². The third-order valence-corrected chi connectivity index (χ3v) is 4.52. The number of anilines is 1. The first kappa shape index (κ1) is 18.0. The fourth-order valence-electron chi connectivity index (χ4n) is 1.75. The summed E-state index contributed by atoms with van der Waals surface area (Å²) in [4.78, 5) is 10.7. The maximum atomic E-state index is 12.3. The number of hydrogen-bond acceptors (Lipinski definition) is 4. The first-order valence-corrected chi connectivity index (χ1v) is 8.16. The lowest BCUT2D eigenvalue weighted by molar-refractivity contribution is -0.0498. The monoisotopic (exact) mass is 377 g/mol. The minimum Gasteiger partial charge on any atom is -0.478 e. The van der Waals surface area contributed by atoms with Gasteiger partial charge in [-0.3, -0.25) is 4.72 Å². The number of ether oxygens (including phenoxy) is 1. The zero-order chi connectivity index (χ0) is 17.9. The van der Waals surface area contributed by atoms with E-state index in [1.807, 2.05) is 0 Å². The molecule has 0 aliphatic carbocycles. The number of alkyl halides is 2. The summed E-state index contributed by atoms with van der Waals surface area (Å²) < 4.78 is 55.0. The number of benzene rings is 2. The van der Waals surface area contributed by atoms with Crippen LogP contribution < -0.4 is 9.46 Å². The molecule has 24 heavy (non-hydrogen) atoms. The summed E-state index contributed by atoms with van der Waals surface area (Å²) in [5, 5.41) is 8.87. The third-order valence-electron chi connectivity index (χ3n) is 2.81. The van der Waals surface area contributed by atoms with Crippen LogP contribution in [0.25, 0.3) is 0 Å². The summed E-state index contributed by atoms with van der Waals surface area (Å²) in [5.74, 6) is -1.50. The Bertz CT molecular complexity index is 856. The van der Waals surface area contributed by atoms with E-state index >= 15 is 0 Å². The van der Waals surface area contributed by atoms with Gasteiger partial charge in [-0.15, -0.1) is 0 Å². The Morgan fingerprint density at radius 1 is 1.17 bits per heavy atom. The molecular formula is C14H10ClF2NO5S. The van der Waals surface area contributed by atoms with Gasteiger partial charge < -0.3 is 9.84 Å². The van der Waals surface area contributed by atoms with Gasteiger partial charge in [0, 0.05) is 5.69 Å². The molecule has 0 aliphatic rings. The zero-order valence-electron chi connectivity index (χ0n) is 11.7. The molecule has 0 spiro atoms. The lowest BCUT2D eigenvalue weighted by Gasteiger charge is -2.10. The molecule has 0 atom stereocenters. The molecule has 2 aromatic rings. The van der Waals surface area contributed by atoms with Crippen molar-refractivity contribution in [2.24, 2.45) is 0 Å². The molecule has 0 unspecified atom stereocenters. The Hall–Kier alpha value is -2.39. The predicted octanol–water partition coefficient (Wildman–Crippen LogP) is 3.44. The van der Waals surface area contributed by atoms with Crippen molar-refractivity contribution < 1.29 is 31.8 Å². The number of carboxylic acid groups (broad SMARTS) is 1. The number of halogens is 3. The number of sulfonamides is 1. The van der Waals surface area contributed by atoms with Crippen LogP contribution in [0.3, 0.4) is 0 Å². The van der Waals surface area contributed by atoms with E-state index in [1.54, 1.807) is 0 Å². The third kappa shape index (κ3) is 4.33. The molecule has 0 saturated carbocycles. The lowest BCUT2D eigenvalue weighted by atomic mass is 10.2. The van der Waals surface area contributed by atoms with Gasteiger partial charge in [0.15, 0.2) is 0 Å². The Balaban J connectivity index is 2.25. The molecule has 0 heterocycles. The lowest BCUT2D eigenvalue weighted by Crippen LogP contribution is -2.14. The SMILES string of the molecule is O=C(O)c1cc(S(=O)(=O)Nc2ccc(OC(F)F)cc2)ccc1Cl. The molecule has 0 aliphatic heterocycles. The highest BCUT2D eigenvalue weighted by atomic mass is 35.5. The molecule has 0 amide bonds. The summed E-state index contributed by atoms with van der Waals surface area (Å²) in [6.07, 6.45) is 0. The second kappa shape index (κ2) is 7.02. The van der Waals surface area contributed by atoms with Crippen molar-refractivity contribution in [3.05, 3.63) is 53.1 Å². The number of carboxylic acids is 1. The molecule has 2 rings (SSSR count). The van der Waals surface area contributed by atoms with Gasteiger partial charge in [-0.05, 0) is 42.5 Å². The molecule has 10 heteroatoms. The molecule has 0 radical (unpaired) electrons. The van der Waals surface area contributed by atoms with E-state index in [4.69, 9.17) is 16.7 Å². The number of rotatable bonds is 6. The Labute approximate surface area is 140 Å². The summed E-state index contributed by atoms with van der Waals surface area (Å²) in [6, 6.07) is 7.99. The Morgan fingerprint density at radius 2 is 1.79 bits per heavy atom. The molecule has 0 bridgehead atoms. The quantitative estimate of drug-likeness (QED) is 0.804. The predicted molar refractivity (Wildman–Crippen MR) is 82.3 cm³/mol. The second-order valence-corrected chi connectivity index (χ2v) is 6.54. The van der Waals surface area contributed by atoms with Gasteiger partial charge >= 0.3 is 12.6 Å². The fourth-order valence-corrected chi connectivity index (χ4v) is 3.04. The molecule has 2 aromatic carbocycles. The van der Waals surface area contributed by atoms with Gasteiger partial charge in [-0.2, -0.15) is 8.78 Å². The normalized spacial score (nSPS) is 11.3. The Morgan fingerprint density at radius 3 is 2.33 bits per heavy atom. The van der Waals surface area contributed by atoms with Crippen LogP contribution in [0.1, 0.15) is 10.4 Å². The summed E-state index contributed by atoms with van der Waals surface area (Å²) in [7, 11) is -4.08. The average Bonchev–Trinajstić information content (AvgIpc) is 2.48. The van der Waals surface area contributed by atoms with E-state index in [1.165, 1.54) is 12.1 Å². The number of nitrogens with one attached hydrogen (secondary N) is 1. The highest BCUT2D eigenvalue weighted by Gasteiger charge is 2.18. The molecule has 2 N–H and O–H groups in total. The first-order valence-electron chi connectivity index (χ1n) is 6.29. The number of aromatic carboxylic acids is 1. The minimum absolute atomic E-state index is 0.0865. The number of hydrogen-bond donors (Lipinski definition) is 2. The maximum Gasteiger partial charge on any atom is 0.387 e. The van der Waals surface area contributed by atoms with Crippen molar-refractivity contribution in [2.75, 3.05) is 4.72 Å². The smallest absolute Gasteiger partial charge is 0.387 e. The van der Waals surface area contributed by atoms with Crippen LogP contribution >= 0.6 is 11.6 Å². The van der Waals surface area contributed by atoms with Crippen molar-refractivity contribution in [1.82, 2.24) is 0 Å². The highest BCUT2D eigenvalue weighted by molar-refractivity contribution is 7.92. The van der Waals surface area contributed by atoms with Crippen LogP contribution in [0, 0.1) is 0 Å². The van der Waals surface area contributed by atoms with Gasteiger partial charge in [-0.1, -0.05) is 11.6 Å². The van der Waals surface area contributed by atoms with Gasteiger partial charge in [0.2, 0.25) is 0 Å². The Kier molecular flexibility index (Phi) is 5.25. The van der Waals surface area contributed by atoms with Gasteiger partial charge in [0.05, 0.1) is 15.5 Å². The molecule has 6 nitrogen and oxygen atoms in total. The van der Waals surface area contributed by atoms with Crippen molar-refractivity contribution in [3.8, 4) is 5.75 Å². The highest BCUT2D eigenvalue weighted by Crippen LogP contribution is 2.24. The van der Waals surface area contributed by atoms with Gasteiger partial charge in [-0.25, -0.2) is 13.2 Å². The van der Waals surface area contributed by atoms with E-state index in [2.05, 4.69) is 9.46 Å². The van der Waals surface area contributed by atoms with Crippen LogP contribution in [-0.4, -0.2) is 26.1 Å². The first-order chi connectivity index (χ1) is 11.2. The maximum absolute atomic E-state index is 12.3. The molecular weight excluding hydrogens is 368 g/mol. The van der Waals surface area contributed by atoms with Crippen LogP contribution in [0.15, 0.2) is 47.4 Å². The summed E-state index contributed by atoms with van der Waals surface area (Å²) in [6.45, 7) is -2.99. The molecule has 0 fully saturated rings. The number of carbonyl (C=O) groups is 1. The summed E-state index contributed by atoms with van der Waals surface area (Å²) in [5.41, 5.74) is -0.274. The largest absolute Gasteiger partial charge is 0.478 e. The van der Waals surface area contributed by atoms with E-state index in [9.17, 15) is 22.0 Å². The second-order valence-electron chi connectivity index (χ2n) is 4.46. The van der Waals surface area contributed by atoms with Crippen LogP contribution in [0.4, 0.5) is 14.5 Å². The van der Waals surface area contributed by atoms with Crippen molar-refractivity contribution in [3.63, 3.8) is 0 Å². The molecule has 0 aromatic heterocycles. The van der Waals surface area contributed by atoms with Crippen molar-refractivity contribution in [2.45, 2.75) is 11.5 Å². The summed E-state index contributed by atoms with van der Waals surface area (Å²) >= 11 is 5.69. The van der Waals surface area contributed by atoms with Crippen LogP contribution in [0.5, 0.6) is 5.75 Å². The van der Waals surface area contributed by atoms with Gasteiger partial charge in [0.1, 0.15) is 5.75 Å². The van der Waals surface area contributed by atoms with Gasteiger partial charge in [0.25, 0.3) is 10.0 Å². The van der Waals surface area contributed by atoms with Crippen LogP contribution in [0.2, 0.25) is 5.02 Å². The van der Waals surface area contributed by atoms with Crippen molar-refractivity contribution >= 4 is 33.3 Å². The van der Waals surface area contributed by atoms with E-state index < -0.39 is 22.6 Å². The van der Waals surface area contributed by atoms with E-state index in [0.717, 1.165) is 30.3 Å². The molecule has 128 valence electrons. The topological polar surface area (TPSA) is 92.7 Å². The van der Waals surface area contributed by atoms with E-state index in [0.29, 0.717) is 0 Å². The molecule has 0 saturated heterocycles. The average molecular weight is 378 g/mol. The van der Waals surface area contributed by atoms with Crippen LogP contribution in [-0.2, 0) is 10.0 Å². The minimum atomic E-state index is -4.08. The zero-order valence-corrected chi connectivity index (χ0v) is 13.3.